The third-order valence-electron chi connectivity index (χ3n) is 4.48. The third-order valence-corrected chi connectivity index (χ3v) is 4.48. The zero-order chi connectivity index (χ0) is 18.8. The molecule has 0 bridgehead atoms. The van der Waals surface area contributed by atoms with Crippen molar-refractivity contribution in [1.82, 2.24) is 0 Å². The first-order chi connectivity index (χ1) is 13.1. The number of para-hydroxylation sites is 1. The number of methoxy groups -OCH3 is 1. The van der Waals surface area contributed by atoms with Crippen molar-refractivity contribution in [3.05, 3.63) is 89.3 Å². The standard InChI is InChI=1S/C24H21NO2/c1-16-12-17(2)14-19(13-16)25-22-15-24(18-8-10-20(26-3)11-9-18)27-23-7-5-4-6-21(22)23/h4-15H,1-3H3. The molecule has 1 heterocycles. The van der Waals surface area contributed by atoms with Gasteiger partial charge in [0, 0.05) is 17.0 Å². The minimum absolute atomic E-state index is 0.777. The van der Waals surface area contributed by atoms with Crippen molar-refractivity contribution < 1.29 is 9.15 Å². The minimum atomic E-state index is 0.777. The van der Waals surface area contributed by atoms with E-state index in [2.05, 4.69) is 32.0 Å². The fraction of sp³-hybridized carbons (Fsp3) is 0.125. The van der Waals surface area contributed by atoms with E-state index in [1.165, 1.54) is 11.1 Å². The summed E-state index contributed by atoms with van der Waals surface area (Å²) in [5.41, 5.74) is 5.15. The molecule has 3 heteroatoms. The SMILES string of the molecule is COc1ccc(-c2cc(=Nc3cc(C)cc(C)c3)c3ccccc3o2)cc1. The number of hydrogen-bond acceptors (Lipinski definition) is 3. The van der Waals surface area contributed by atoms with Gasteiger partial charge in [-0.15, -0.1) is 0 Å². The molecule has 0 aliphatic heterocycles. The molecule has 0 N–H and O–H groups in total. The highest BCUT2D eigenvalue weighted by atomic mass is 16.5. The van der Waals surface area contributed by atoms with E-state index in [-0.39, 0.29) is 0 Å². The van der Waals surface area contributed by atoms with Gasteiger partial charge in [0.15, 0.2) is 0 Å². The monoisotopic (exact) mass is 355 g/mol. The van der Waals surface area contributed by atoms with E-state index in [0.717, 1.165) is 39.1 Å². The average Bonchev–Trinajstić information content (AvgIpc) is 2.67. The van der Waals surface area contributed by atoms with Crippen LogP contribution in [0.3, 0.4) is 0 Å². The van der Waals surface area contributed by atoms with Gasteiger partial charge in [0.05, 0.1) is 18.2 Å². The molecule has 0 fully saturated rings. The molecule has 3 aromatic carbocycles. The number of nitrogens with zero attached hydrogens (tertiary/aromatic N) is 1. The Balaban J connectivity index is 1.94. The molecular formula is C24H21NO2. The second-order valence-electron chi connectivity index (χ2n) is 6.68. The van der Waals surface area contributed by atoms with Gasteiger partial charge in [-0.05, 0) is 73.5 Å². The maximum absolute atomic E-state index is 6.15. The Kier molecular flexibility index (Phi) is 4.51. The second kappa shape index (κ2) is 7.12. The summed E-state index contributed by atoms with van der Waals surface area (Å²) in [7, 11) is 1.66. The van der Waals surface area contributed by atoms with E-state index in [0.29, 0.717) is 0 Å². The van der Waals surface area contributed by atoms with E-state index < -0.39 is 0 Å². The highest BCUT2D eigenvalue weighted by Crippen LogP contribution is 2.25. The number of aryl methyl sites for hydroxylation is 2. The molecule has 4 aromatic rings. The molecule has 0 spiro atoms. The Morgan fingerprint density at radius 2 is 1.52 bits per heavy atom. The maximum Gasteiger partial charge on any atom is 0.136 e. The van der Waals surface area contributed by atoms with Crippen LogP contribution in [0.2, 0.25) is 0 Å². The predicted octanol–water partition coefficient (Wildman–Crippen LogP) is 5.96. The van der Waals surface area contributed by atoms with Crippen LogP contribution in [-0.4, -0.2) is 7.11 Å². The first kappa shape index (κ1) is 17.1. The molecule has 1 aromatic heterocycles. The van der Waals surface area contributed by atoms with Gasteiger partial charge >= 0.3 is 0 Å². The second-order valence-corrected chi connectivity index (χ2v) is 6.68. The first-order valence-electron chi connectivity index (χ1n) is 8.93. The molecule has 134 valence electrons. The van der Waals surface area contributed by atoms with Crippen LogP contribution >= 0.6 is 0 Å². The summed E-state index contributed by atoms with van der Waals surface area (Å²) in [4.78, 5) is 4.93. The Bertz CT molecular complexity index is 1150. The summed E-state index contributed by atoms with van der Waals surface area (Å²) in [5.74, 6) is 1.60. The fourth-order valence-electron chi connectivity index (χ4n) is 3.26. The van der Waals surface area contributed by atoms with Crippen molar-refractivity contribution in [2.75, 3.05) is 7.11 Å². The van der Waals surface area contributed by atoms with Gasteiger partial charge in [0.2, 0.25) is 0 Å². The molecule has 0 atom stereocenters. The normalized spacial score (nSPS) is 11.7. The van der Waals surface area contributed by atoms with Gasteiger partial charge in [-0.3, -0.25) is 0 Å². The first-order valence-corrected chi connectivity index (χ1v) is 8.93. The molecule has 27 heavy (non-hydrogen) atoms. The predicted molar refractivity (Wildman–Crippen MR) is 109 cm³/mol. The smallest absolute Gasteiger partial charge is 0.136 e. The third kappa shape index (κ3) is 3.63. The molecule has 0 unspecified atom stereocenters. The Hall–Kier alpha value is -3.33. The highest BCUT2D eigenvalue weighted by molar-refractivity contribution is 5.78. The summed E-state index contributed by atoms with van der Waals surface area (Å²) in [6, 6.07) is 24.2. The summed E-state index contributed by atoms with van der Waals surface area (Å²) in [5, 5.41) is 1.89. The maximum atomic E-state index is 6.15. The lowest BCUT2D eigenvalue weighted by atomic mass is 10.1. The largest absolute Gasteiger partial charge is 0.497 e. The van der Waals surface area contributed by atoms with Crippen molar-refractivity contribution in [1.29, 1.82) is 0 Å². The minimum Gasteiger partial charge on any atom is -0.497 e. The van der Waals surface area contributed by atoms with Crippen molar-refractivity contribution in [2.24, 2.45) is 4.99 Å². The van der Waals surface area contributed by atoms with Crippen molar-refractivity contribution in [3.63, 3.8) is 0 Å². The van der Waals surface area contributed by atoms with Crippen molar-refractivity contribution in [2.45, 2.75) is 13.8 Å². The molecule has 3 nitrogen and oxygen atoms in total. The summed E-state index contributed by atoms with van der Waals surface area (Å²) >= 11 is 0. The molecule has 0 amide bonds. The average molecular weight is 355 g/mol. The Labute approximate surface area is 158 Å². The topological polar surface area (TPSA) is 34.7 Å². The van der Waals surface area contributed by atoms with Crippen LogP contribution in [0, 0.1) is 13.8 Å². The Morgan fingerprint density at radius 1 is 0.815 bits per heavy atom. The number of fused-ring (bicyclic) bond motifs is 1. The van der Waals surface area contributed by atoms with Crippen molar-refractivity contribution >= 4 is 16.7 Å². The highest BCUT2D eigenvalue weighted by Gasteiger charge is 2.06. The zero-order valence-corrected chi connectivity index (χ0v) is 15.7. The summed E-state index contributed by atoms with van der Waals surface area (Å²) in [6.45, 7) is 4.18. The number of ether oxygens (including phenoxy) is 1. The van der Waals surface area contributed by atoms with Gasteiger partial charge in [0.1, 0.15) is 17.1 Å². The molecule has 0 saturated heterocycles. The van der Waals surface area contributed by atoms with Gasteiger partial charge in [-0.25, -0.2) is 4.99 Å². The lowest BCUT2D eigenvalue weighted by molar-refractivity contribution is 0.415. The van der Waals surface area contributed by atoms with Crippen LogP contribution in [0.25, 0.3) is 22.3 Å². The zero-order valence-electron chi connectivity index (χ0n) is 15.7. The van der Waals surface area contributed by atoms with E-state index in [1.54, 1.807) is 7.11 Å². The lowest BCUT2D eigenvalue weighted by Gasteiger charge is -2.06. The molecule has 0 aliphatic rings. The van der Waals surface area contributed by atoms with E-state index in [4.69, 9.17) is 14.1 Å². The Morgan fingerprint density at radius 3 is 2.22 bits per heavy atom. The van der Waals surface area contributed by atoms with Crippen LogP contribution in [-0.2, 0) is 0 Å². The quantitative estimate of drug-likeness (QED) is 0.454. The van der Waals surface area contributed by atoms with E-state index >= 15 is 0 Å². The van der Waals surface area contributed by atoms with Gasteiger partial charge in [0.25, 0.3) is 0 Å². The van der Waals surface area contributed by atoms with Crippen LogP contribution < -0.4 is 10.1 Å². The van der Waals surface area contributed by atoms with E-state index in [1.807, 2.05) is 54.6 Å². The molecule has 4 rings (SSSR count). The van der Waals surface area contributed by atoms with Crippen LogP contribution in [0.5, 0.6) is 5.75 Å². The van der Waals surface area contributed by atoms with Crippen molar-refractivity contribution in [3.8, 4) is 17.1 Å². The van der Waals surface area contributed by atoms with Crippen LogP contribution in [0.1, 0.15) is 11.1 Å². The van der Waals surface area contributed by atoms with E-state index in [9.17, 15) is 0 Å². The lowest BCUT2D eigenvalue weighted by Crippen LogP contribution is -2.03. The van der Waals surface area contributed by atoms with Gasteiger partial charge < -0.3 is 9.15 Å². The number of hydrogen-bond donors (Lipinski definition) is 0. The number of benzene rings is 3. The summed E-state index contributed by atoms with van der Waals surface area (Å²) < 4.78 is 11.4. The van der Waals surface area contributed by atoms with Crippen LogP contribution in [0.15, 0.2) is 82.2 Å². The molecular weight excluding hydrogens is 334 g/mol. The fourth-order valence-corrected chi connectivity index (χ4v) is 3.26. The van der Waals surface area contributed by atoms with Crippen LogP contribution in [0.4, 0.5) is 5.69 Å². The molecule has 0 saturated carbocycles. The van der Waals surface area contributed by atoms with Gasteiger partial charge in [-0.2, -0.15) is 0 Å². The molecule has 0 aliphatic carbocycles. The summed E-state index contributed by atoms with van der Waals surface area (Å²) in [6.07, 6.45) is 0. The molecule has 0 radical (unpaired) electrons. The number of rotatable bonds is 3. The van der Waals surface area contributed by atoms with Gasteiger partial charge in [-0.1, -0.05) is 18.2 Å².